The highest BCUT2D eigenvalue weighted by molar-refractivity contribution is 7.92. The molecule has 0 spiro atoms. The van der Waals surface area contributed by atoms with Gasteiger partial charge in [0.2, 0.25) is 0 Å². The summed E-state index contributed by atoms with van der Waals surface area (Å²) in [5.41, 5.74) is 0.154. The molecule has 32 heavy (non-hydrogen) atoms. The van der Waals surface area contributed by atoms with Gasteiger partial charge in [0.15, 0.2) is 5.76 Å². The number of ether oxygens (including phenoxy) is 2. The maximum atomic E-state index is 12.9. The summed E-state index contributed by atoms with van der Waals surface area (Å²) in [6.07, 6.45) is 1.35. The van der Waals surface area contributed by atoms with Crippen molar-refractivity contribution >= 4 is 39.2 Å². The monoisotopic (exact) mass is 458 g/mol. The Balaban J connectivity index is 1.89. The van der Waals surface area contributed by atoms with Crippen LogP contribution in [-0.2, 0) is 19.5 Å². The van der Waals surface area contributed by atoms with Crippen molar-refractivity contribution in [1.29, 1.82) is 0 Å². The van der Waals surface area contributed by atoms with Gasteiger partial charge in [0, 0.05) is 5.69 Å². The number of rotatable bonds is 7. The number of hydrogen-bond acceptors (Lipinski definition) is 8. The molecular formula is C21H18N2O8S. The van der Waals surface area contributed by atoms with E-state index < -0.39 is 27.9 Å². The third-order valence-electron chi connectivity index (χ3n) is 4.18. The molecule has 1 amide bonds. The molecule has 1 heterocycles. The fraction of sp³-hybridized carbons (Fsp3) is 0.0952. The van der Waals surface area contributed by atoms with E-state index in [0.29, 0.717) is 5.69 Å². The second-order valence-corrected chi connectivity index (χ2v) is 8.03. The minimum Gasteiger partial charge on any atom is -0.465 e. The molecule has 0 saturated carbocycles. The second-order valence-electron chi connectivity index (χ2n) is 6.35. The van der Waals surface area contributed by atoms with Crippen LogP contribution in [0.4, 0.5) is 11.4 Å². The SMILES string of the molecule is COC(=O)c1cc(C(=O)OC)cc(S(=O)(=O)Nc2cccc(NC(=O)c3ccco3)c2)c1. The number of amides is 1. The number of hydrogen-bond donors (Lipinski definition) is 2. The van der Waals surface area contributed by atoms with Crippen LogP contribution in [0.15, 0.2) is 70.2 Å². The Bertz CT molecular complexity index is 1230. The average Bonchev–Trinajstić information content (AvgIpc) is 3.33. The normalized spacial score (nSPS) is 10.8. The van der Waals surface area contributed by atoms with Gasteiger partial charge in [0.05, 0.1) is 42.2 Å². The van der Waals surface area contributed by atoms with Gasteiger partial charge in [-0.2, -0.15) is 0 Å². The van der Waals surface area contributed by atoms with Crippen LogP contribution in [0.1, 0.15) is 31.3 Å². The van der Waals surface area contributed by atoms with E-state index in [1.165, 1.54) is 36.6 Å². The molecule has 3 rings (SSSR count). The van der Waals surface area contributed by atoms with Gasteiger partial charge in [-0.3, -0.25) is 9.52 Å². The molecule has 2 aromatic carbocycles. The molecule has 1 aromatic heterocycles. The summed E-state index contributed by atoms with van der Waals surface area (Å²) in [7, 11) is -1.97. The van der Waals surface area contributed by atoms with E-state index in [2.05, 4.69) is 19.5 Å². The fourth-order valence-electron chi connectivity index (χ4n) is 2.70. The summed E-state index contributed by atoms with van der Waals surface area (Å²) in [6.45, 7) is 0. The lowest BCUT2D eigenvalue weighted by atomic mass is 10.1. The summed E-state index contributed by atoms with van der Waals surface area (Å²) < 4.78 is 42.5. The minimum absolute atomic E-state index is 0.0888. The first kappa shape index (κ1) is 22.6. The molecule has 0 radical (unpaired) electrons. The lowest BCUT2D eigenvalue weighted by Gasteiger charge is -2.12. The first-order valence-corrected chi connectivity index (χ1v) is 10.5. The van der Waals surface area contributed by atoms with E-state index in [9.17, 15) is 22.8 Å². The maximum absolute atomic E-state index is 12.9. The number of sulfonamides is 1. The number of nitrogens with one attached hydrogen (secondary N) is 2. The van der Waals surface area contributed by atoms with Crippen molar-refractivity contribution in [3.63, 3.8) is 0 Å². The molecular weight excluding hydrogens is 440 g/mol. The van der Waals surface area contributed by atoms with Crippen LogP contribution in [0, 0.1) is 0 Å². The molecule has 0 aliphatic heterocycles. The van der Waals surface area contributed by atoms with Crippen molar-refractivity contribution in [3.8, 4) is 0 Å². The van der Waals surface area contributed by atoms with Gasteiger partial charge in [0.1, 0.15) is 0 Å². The van der Waals surface area contributed by atoms with Crippen LogP contribution in [0.25, 0.3) is 0 Å². The zero-order valence-corrected chi connectivity index (χ0v) is 17.8. The summed E-state index contributed by atoms with van der Waals surface area (Å²) in [5, 5.41) is 2.58. The van der Waals surface area contributed by atoms with Crippen LogP contribution >= 0.6 is 0 Å². The van der Waals surface area contributed by atoms with Crippen LogP contribution in [0.5, 0.6) is 0 Å². The Labute approximate surface area is 183 Å². The molecule has 0 aliphatic rings. The van der Waals surface area contributed by atoms with Crippen LogP contribution in [0.2, 0.25) is 0 Å². The average molecular weight is 458 g/mol. The van der Waals surface area contributed by atoms with E-state index in [1.54, 1.807) is 12.1 Å². The number of anilines is 2. The van der Waals surface area contributed by atoms with Gasteiger partial charge in [-0.15, -0.1) is 0 Å². The summed E-state index contributed by atoms with van der Waals surface area (Å²) in [4.78, 5) is 35.6. The zero-order valence-electron chi connectivity index (χ0n) is 16.9. The lowest BCUT2D eigenvalue weighted by molar-refractivity contribution is 0.0598. The molecule has 3 aromatic rings. The second kappa shape index (κ2) is 9.35. The minimum atomic E-state index is -4.23. The zero-order chi connectivity index (χ0) is 23.3. The van der Waals surface area contributed by atoms with Gasteiger partial charge in [-0.05, 0) is 48.5 Å². The number of furan rings is 1. The predicted molar refractivity (Wildman–Crippen MR) is 113 cm³/mol. The van der Waals surface area contributed by atoms with E-state index in [1.807, 2.05) is 0 Å². The van der Waals surface area contributed by atoms with Crippen molar-refractivity contribution in [3.05, 3.63) is 77.7 Å². The van der Waals surface area contributed by atoms with E-state index in [4.69, 9.17) is 4.42 Å². The van der Waals surface area contributed by atoms with Crippen molar-refractivity contribution in [2.24, 2.45) is 0 Å². The molecule has 2 N–H and O–H groups in total. The quantitative estimate of drug-likeness (QED) is 0.515. The summed E-state index contributed by atoms with van der Waals surface area (Å²) in [5.74, 6) is -2.07. The Kier molecular flexibility index (Phi) is 6.59. The number of carbonyl (C=O) groups excluding carboxylic acids is 3. The molecule has 0 bridgehead atoms. The van der Waals surface area contributed by atoms with Gasteiger partial charge in [-0.25, -0.2) is 18.0 Å². The van der Waals surface area contributed by atoms with Crippen molar-refractivity contribution in [2.75, 3.05) is 24.3 Å². The van der Waals surface area contributed by atoms with E-state index in [-0.39, 0.29) is 27.5 Å². The first-order chi connectivity index (χ1) is 15.2. The number of carbonyl (C=O) groups is 3. The fourth-order valence-corrected chi connectivity index (χ4v) is 3.82. The standard InChI is InChI=1S/C21H18N2O8S/c1-29-20(25)13-9-14(21(26)30-2)11-17(10-13)32(27,28)23-16-6-3-5-15(12-16)22-19(24)18-7-4-8-31-18/h3-12,23H,1-2H3,(H,22,24). The molecule has 0 unspecified atom stereocenters. The highest BCUT2D eigenvalue weighted by Crippen LogP contribution is 2.23. The Morgan fingerprint density at radius 2 is 1.47 bits per heavy atom. The van der Waals surface area contributed by atoms with E-state index in [0.717, 1.165) is 26.4 Å². The number of methoxy groups -OCH3 is 2. The molecule has 11 heteroatoms. The van der Waals surface area contributed by atoms with Crippen molar-refractivity contribution < 1.29 is 36.7 Å². The van der Waals surface area contributed by atoms with Crippen LogP contribution in [-0.4, -0.2) is 40.5 Å². The molecule has 0 saturated heterocycles. The largest absolute Gasteiger partial charge is 0.465 e. The Morgan fingerprint density at radius 3 is 2.03 bits per heavy atom. The Hall–Kier alpha value is -4.12. The van der Waals surface area contributed by atoms with Crippen LogP contribution < -0.4 is 10.0 Å². The van der Waals surface area contributed by atoms with Crippen LogP contribution in [0.3, 0.4) is 0 Å². The van der Waals surface area contributed by atoms with Gasteiger partial charge < -0.3 is 19.2 Å². The topological polar surface area (TPSA) is 141 Å². The molecule has 166 valence electrons. The smallest absolute Gasteiger partial charge is 0.337 e. The number of benzene rings is 2. The maximum Gasteiger partial charge on any atom is 0.337 e. The summed E-state index contributed by atoms with van der Waals surface area (Å²) >= 11 is 0. The summed E-state index contributed by atoms with van der Waals surface area (Å²) in [6, 6.07) is 12.3. The Morgan fingerprint density at radius 1 is 0.844 bits per heavy atom. The highest BCUT2D eigenvalue weighted by atomic mass is 32.2. The van der Waals surface area contributed by atoms with Crippen molar-refractivity contribution in [1.82, 2.24) is 0 Å². The third-order valence-corrected chi connectivity index (χ3v) is 5.54. The van der Waals surface area contributed by atoms with Gasteiger partial charge in [-0.1, -0.05) is 6.07 Å². The van der Waals surface area contributed by atoms with Crippen molar-refractivity contribution in [2.45, 2.75) is 4.90 Å². The lowest BCUT2D eigenvalue weighted by Crippen LogP contribution is -2.16. The first-order valence-electron chi connectivity index (χ1n) is 9.03. The predicted octanol–water partition coefficient (Wildman–Crippen LogP) is 2.91. The molecule has 10 nitrogen and oxygen atoms in total. The van der Waals surface area contributed by atoms with Gasteiger partial charge in [0.25, 0.3) is 15.9 Å². The highest BCUT2D eigenvalue weighted by Gasteiger charge is 2.21. The molecule has 0 atom stereocenters. The van der Waals surface area contributed by atoms with Gasteiger partial charge >= 0.3 is 11.9 Å². The molecule has 0 fully saturated rings. The molecule has 0 aliphatic carbocycles. The van der Waals surface area contributed by atoms with E-state index >= 15 is 0 Å². The third kappa shape index (κ3) is 5.13. The number of esters is 2.